The highest BCUT2D eigenvalue weighted by Crippen LogP contribution is 1.95. The molecule has 0 heterocycles. The van der Waals surface area contributed by atoms with E-state index in [2.05, 4.69) is 24.1 Å². The molecule has 1 amide bonds. The maximum atomic E-state index is 11.0. The van der Waals surface area contributed by atoms with Gasteiger partial charge in [-0.25, -0.2) is 0 Å². The zero-order valence-corrected chi connectivity index (χ0v) is 8.60. The second-order valence-corrected chi connectivity index (χ2v) is 3.10. The van der Waals surface area contributed by atoms with Gasteiger partial charge in [0.25, 0.3) is 0 Å². The van der Waals surface area contributed by atoms with E-state index >= 15 is 0 Å². The minimum atomic E-state index is 0.0629. The number of allylic oxidation sites excluding steroid dienone is 1. The summed E-state index contributed by atoms with van der Waals surface area (Å²) >= 11 is 0. The summed E-state index contributed by atoms with van der Waals surface area (Å²) in [6, 6.07) is 0.376. The summed E-state index contributed by atoms with van der Waals surface area (Å²) in [6.45, 7) is 8.74. The summed E-state index contributed by atoms with van der Waals surface area (Å²) in [7, 11) is 0. The first-order chi connectivity index (χ1) is 6.20. The molecule has 0 rings (SSSR count). The molecule has 0 spiro atoms. The van der Waals surface area contributed by atoms with Crippen molar-refractivity contribution in [2.75, 3.05) is 13.1 Å². The molecule has 0 radical (unpaired) electrons. The highest BCUT2D eigenvalue weighted by atomic mass is 16.1. The number of amides is 1. The molecule has 0 fully saturated rings. The fraction of sp³-hybridized carbons (Fsp3) is 0.700. The quantitative estimate of drug-likeness (QED) is 0.581. The van der Waals surface area contributed by atoms with Gasteiger partial charge in [0.2, 0.25) is 5.91 Å². The molecule has 0 saturated carbocycles. The molecular formula is C10H20N2O. The first-order valence-corrected chi connectivity index (χ1v) is 4.81. The smallest absolute Gasteiger partial charge is 0.233 e. The fourth-order valence-electron chi connectivity index (χ4n) is 0.997. The monoisotopic (exact) mass is 184 g/mol. The van der Waals surface area contributed by atoms with Crippen molar-refractivity contribution in [1.29, 1.82) is 0 Å². The standard InChI is InChI=1S/C10H20N2O/c1-4-6-7-9(3)12-8-10(13)11-5-2/h4,9,12H,1,5-8H2,2-3H3,(H,11,13). The van der Waals surface area contributed by atoms with Crippen molar-refractivity contribution < 1.29 is 4.79 Å². The van der Waals surface area contributed by atoms with Crippen LogP contribution in [0.1, 0.15) is 26.7 Å². The molecule has 3 nitrogen and oxygen atoms in total. The van der Waals surface area contributed by atoms with Crippen LogP contribution in [0.3, 0.4) is 0 Å². The normalized spacial score (nSPS) is 12.2. The van der Waals surface area contributed by atoms with E-state index in [9.17, 15) is 4.79 Å². The Bertz CT molecular complexity index is 157. The molecule has 76 valence electrons. The number of rotatable bonds is 7. The summed E-state index contributed by atoms with van der Waals surface area (Å²) < 4.78 is 0. The van der Waals surface area contributed by atoms with Crippen LogP contribution in [0.5, 0.6) is 0 Å². The molecule has 0 aromatic rings. The van der Waals surface area contributed by atoms with Crippen molar-refractivity contribution >= 4 is 5.91 Å². The van der Waals surface area contributed by atoms with Gasteiger partial charge in [-0.1, -0.05) is 6.08 Å². The van der Waals surface area contributed by atoms with Gasteiger partial charge in [0.15, 0.2) is 0 Å². The molecule has 13 heavy (non-hydrogen) atoms. The van der Waals surface area contributed by atoms with Crippen LogP contribution >= 0.6 is 0 Å². The van der Waals surface area contributed by atoms with E-state index in [0.717, 1.165) is 12.8 Å². The number of carbonyl (C=O) groups is 1. The lowest BCUT2D eigenvalue weighted by atomic mass is 10.2. The summed E-state index contributed by atoms with van der Waals surface area (Å²) in [5, 5.41) is 5.88. The topological polar surface area (TPSA) is 41.1 Å². The molecule has 2 N–H and O–H groups in total. The number of carbonyl (C=O) groups excluding carboxylic acids is 1. The Labute approximate surface area is 80.6 Å². The van der Waals surface area contributed by atoms with E-state index in [0.29, 0.717) is 19.1 Å². The Hall–Kier alpha value is -0.830. The zero-order valence-electron chi connectivity index (χ0n) is 8.60. The van der Waals surface area contributed by atoms with Crippen LogP contribution in [0.15, 0.2) is 12.7 Å². The first-order valence-electron chi connectivity index (χ1n) is 4.81. The maximum absolute atomic E-state index is 11.0. The minimum Gasteiger partial charge on any atom is -0.355 e. The summed E-state index contributed by atoms with van der Waals surface area (Å²) in [4.78, 5) is 11.0. The van der Waals surface area contributed by atoms with Crippen molar-refractivity contribution in [2.24, 2.45) is 0 Å². The van der Waals surface area contributed by atoms with Gasteiger partial charge in [-0.2, -0.15) is 0 Å². The van der Waals surface area contributed by atoms with Gasteiger partial charge in [-0.3, -0.25) is 4.79 Å². The molecular weight excluding hydrogens is 164 g/mol. The third-order valence-corrected chi connectivity index (χ3v) is 1.79. The Balaban J connectivity index is 3.39. The van der Waals surface area contributed by atoms with Gasteiger partial charge in [-0.05, 0) is 26.7 Å². The van der Waals surface area contributed by atoms with Gasteiger partial charge >= 0.3 is 0 Å². The molecule has 0 saturated heterocycles. The summed E-state index contributed by atoms with van der Waals surface area (Å²) in [6.07, 6.45) is 3.91. The van der Waals surface area contributed by atoms with Crippen LogP contribution in [0, 0.1) is 0 Å². The van der Waals surface area contributed by atoms with E-state index in [-0.39, 0.29) is 5.91 Å². The van der Waals surface area contributed by atoms with E-state index in [4.69, 9.17) is 0 Å². The summed E-state index contributed by atoms with van der Waals surface area (Å²) in [5.74, 6) is 0.0629. The van der Waals surface area contributed by atoms with E-state index in [1.165, 1.54) is 0 Å². The highest BCUT2D eigenvalue weighted by Gasteiger charge is 2.02. The van der Waals surface area contributed by atoms with Crippen LogP contribution in [0.25, 0.3) is 0 Å². The second kappa shape index (κ2) is 7.80. The molecule has 1 atom stereocenters. The van der Waals surface area contributed by atoms with Crippen molar-refractivity contribution in [2.45, 2.75) is 32.7 Å². The van der Waals surface area contributed by atoms with Gasteiger partial charge in [0.05, 0.1) is 6.54 Å². The molecule has 0 aromatic heterocycles. The molecule has 0 aliphatic heterocycles. The third-order valence-electron chi connectivity index (χ3n) is 1.79. The van der Waals surface area contributed by atoms with Crippen LogP contribution in [0.4, 0.5) is 0 Å². The average molecular weight is 184 g/mol. The second-order valence-electron chi connectivity index (χ2n) is 3.10. The Morgan fingerprint density at radius 3 is 2.85 bits per heavy atom. The van der Waals surface area contributed by atoms with E-state index in [1.54, 1.807) is 0 Å². The molecule has 3 heteroatoms. The van der Waals surface area contributed by atoms with Crippen molar-refractivity contribution in [3.05, 3.63) is 12.7 Å². The lowest BCUT2D eigenvalue weighted by Crippen LogP contribution is -2.37. The molecule has 0 aliphatic carbocycles. The lowest BCUT2D eigenvalue weighted by molar-refractivity contribution is -0.120. The third kappa shape index (κ3) is 7.53. The minimum absolute atomic E-state index is 0.0629. The first kappa shape index (κ1) is 12.2. The van der Waals surface area contributed by atoms with Gasteiger partial charge in [0.1, 0.15) is 0 Å². The van der Waals surface area contributed by atoms with Crippen molar-refractivity contribution in [3.8, 4) is 0 Å². The molecule has 0 aromatic carbocycles. The fourth-order valence-corrected chi connectivity index (χ4v) is 0.997. The van der Waals surface area contributed by atoms with E-state index < -0.39 is 0 Å². The zero-order chi connectivity index (χ0) is 10.1. The van der Waals surface area contributed by atoms with Crippen molar-refractivity contribution in [1.82, 2.24) is 10.6 Å². The SMILES string of the molecule is C=CCCC(C)NCC(=O)NCC. The largest absolute Gasteiger partial charge is 0.355 e. The maximum Gasteiger partial charge on any atom is 0.233 e. The van der Waals surface area contributed by atoms with Crippen molar-refractivity contribution in [3.63, 3.8) is 0 Å². The Morgan fingerprint density at radius 2 is 2.31 bits per heavy atom. The Morgan fingerprint density at radius 1 is 1.62 bits per heavy atom. The van der Waals surface area contributed by atoms with Gasteiger partial charge in [0, 0.05) is 12.6 Å². The number of nitrogens with one attached hydrogen (secondary N) is 2. The summed E-state index contributed by atoms with van der Waals surface area (Å²) in [5.41, 5.74) is 0. The molecule has 0 aliphatic rings. The Kier molecular flexibility index (Phi) is 7.30. The number of hydrogen-bond acceptors (Lipinski definition) is 2. The number of hydrogen-bond donors (Lipinski definition) is 2. The van der Waals surface area contributed by atoms with Gasteiger partial charge < -0.3 is 10.6 Å². The van der Waals surface area contributed by atoms with Crippen LogP contribution < -0.4 is 10.6 Å². The van der Waals surface area contributed by atoms with Gasteiger partial charge in [-0.15, -0.1) is 6.58 Å². The van der Waals surface area contributed by atoms with E-state index in [1.807, 2.05) is 13.0 Å². The van der Waals surface area contributed by atoms with Crippen LogP contribution in [0.2, 0.25) is 0 Å². The van der Waals surface area contributed by atoms with Crippen LogP contribution in [-0.2, 0) is 4.79 Å². The highest BCUT2D eigenvalue weighted by molar-refractivity contribution is 5.77. The number of likely N-dealkylation sites (N-methyl/N-ethyl adjacent to an activating group) is 1. The average Bonchev–Trinajstić information content (AvgIpc) is 2.12. The van der Waals surface area contributed by atoms with Crippen LogP contribution in [-0.4, -0.2) is 25.0 Å². The lowest BCUT2D eigenvalue weighted by Gasteiger charge is -2.11. The molecule has 1 unspecified atom stereocenters. The predicted molar refractivity (Wildman–Crippen MR) is 55.6 cm³/mol. The predicted octanol–water partition coefficient (Wildman–Crippen LogP) is 1.07. The molecule has 0 bridgehead atoms.